The molecule has 1 nitrogen and oxygen atoms in total. The van der Waals surface area contributed by atoms with Gasteiger partial charge in [-0.05, 0) is 35.8 Å². The Morgan fingerprint density at radius 2 is 1.95 bits per heavy atom. The fourth-order valence-corrected chi connectivity index (χ4v) is 2.76. The minimum absolute atomic E-state index is 0.839. The van der Waals surface area contributed by atoms with Crippen molar-refractivity contribution in [2.45, 2.75) is 39.5 Å². The first-order valence-corrected chi connectivity index (χ1v) is 8.01. The van der Waals surface area contributed by atoms with Gasteiger partial charge in [0, 0.05) is 13.1 Å². The van der Waals surface area contributed by atoms with Crippen LogP contribution in [0, 0.1) is 5.92 Å². The maximum absolute atomic E-state index is 2.45. The monoisotopic (exact) mass is 269 g/mol. The van der Waals surface area contributed by atoms with Crippen molar-refractivity contribution >= 4 is 5.57 Å². The van der Waals surface area contributed by atoms with Gasteiger partial charge in [-0.15, -0.1) is 0 Å². The Bertz CT molecular complexity index is 444. The molecule has 0 aromatic heterocycles. The highest BCUT2D eigenvalue weighted by Crippen LogP contribution is 2.21. The van der Waals surface area contributed by atoms with E-state index in [-0.39, 0.29) is 0 Å². The molecule has 0 saturated heterocycles. The van der Waals surface area contributed by atoms with Crippen LogP contribution in [0.15, 0.2) is 48.7 Å². The molecule has 1 atom stereocenters. The van der Waals surface area contributed by atoms with E-state index in [1.165, 1.54) is 43.4 Å². The molecule has 0 aliphatic carbocycles. The van der Waals surface area contributed by atoms with Gasteiger partial charge in [0.1, 0.15) is 0 Å². The summed E-state index contributed by atoms with van der Waals surface area (Å²) >= 11 is 0. The van der Waals surface area contributed by atoms with Crippen LogP contribution < -0.4 is 0 Å². The molecule has 1 aromatic rings. The van der Waals surface area contributed by atoms with E-state index in [2.05, 4.69) is 67.4 Å². The van der Waals surface area contributed by atoms with Gasteiger partial charge < -0.3 is 4.90 Å². The smallest absolute Gasteiger partial charge is 0.0363 e. The van der Waals surface area contributed by atoms with Crippen LogP contribution in [0.5, 0.6) is 0 Å². The number of allylic oxidation sites excluding steroid dienone is 2. The molecule has 0 amide bonds. The maximum Gasteiger partial charge on any atom is 0.0363 e. The van der Waals surface area contributed by atoms with Gasteiger partial charge in [0.15, 0.2) is 0 Å². The van der Waals surface area contributed by atoms with Gasteiger partial charge >= 0.3 is 0 Å². The summed E-state index contributed by atoms with van der Waals surface area (Å²) in [6, 6.07) is 10.6. The fourth-order valence-electron chi connectivity index (χ4n) is 2.76. The average Bonchev–Trinajstić information content (AvgIpc) is 2.53. The summed E-state index contributed by atoms with van der Waals surface area (Å²) in [5.41, 5.74) is 2.67. The van der Waals surface area contributed by atoms with Crippen LogP contribution in [0.4, 0.5) is 0 Å². The van der Waals surface area contributed by atoms with Crippen LogP contribution in [0.3, 0.4) is 0 Å². The number of rotatable bonds is 7. The number of hydrogen-bond donors (Lipinski definition) is 0. The molecular formula is C19H27N. The molecular weight excluding hydrogens is 242 g/mol. The highest BCUT2D eigenvalue weighted by Gasteiger charge is 2.12. The summed E-state index contributed by atoms with van der Waals surface area (Å²) in [6.07, 6.45) is 12.2. The zero-order valence-electron chi connectivity index (χ0n) is 12.9. The molecule has 1 aliphatic rings. The van der Waals surface area contributed by atoms with Crippen LogP contribution in [0.25, 0.3) is 5.57 Å². The van der Waals surface area contributed by atoms with Crippen molar-refractivity contribution in [3.8, 4) is 0 Å². The molecule has 1 heteroatoms. The molecule has 0 saturated carbocycles. The van der Waals surface area contributed by atoms with E-state index < -0.39 is 0 Å². The standard InChI is InChI=1S/C19H27N/c1-3-5-9-17(4-2)16-20-14-12-19(13-15-20)18-10-7-6-8-11-18/h6-8,10-14,17H,3-5,9,15-16H2,1-2H3. The molecule has 0 radical (unpaired) electrons. The molecule has 20 heavy (non-hydrogen) atoms. The first-order valence-electron chi connectivity index (χ1n) is 8.01. The van der Waals surface area contributed by atoms with Crippen molar-refractivity contribution in [1.82, 2.24) is 4.90 Å². The predicted octanol–water partition coefficient (Wildman–Crippen LogP) is 5.12. The summed E-state index contributed by atoms with van der Waals surface area (Å²) in [5, 5.41) is 0. The molecule has 2 rings (SSSR count). The minimum atomic E-state index is 0.839. The maximum atomic E-state index is 2.45. The third-order valence-corrected chi connectivity index (χ3v) is 4.15. The van der Waals surface area contributed by atoms with Crippen LogP contribution in [-0.2, 0) is 0 Å². The molecule has 0 spiro atoms. The second-order valence-electron chi connectivity index (χ2n) is 5.71. The number of unbranched alkanes of at least 4 members (excludes halogenated alkanes) is 1. The van der Waals surface area contributed by atoms with Gasteiger partial charge in [-0.3, -0.25) is 0 Å². The highest BCUT2D eigenvalue weighted by molar-refractivity contribution is 5.74. The lowest BCUT2D eigenvalue weighted by Gasteiger charge is -2.27. The van der Waals surface area contributed by atoms with Crippen LogP contribution in [0.2, 0.25) is 0 Å². The van der Waals surface area contributed by atoms with Crippen molar-refractivity contribution in [3.63, 3.8) is 0 Å². The Balaban J connectivity index is 1.87. The molecule has 1 aliphatic heterocycles. The SMILES string of the molecule is CCCCC(CC)CN1C=CC(c2ccccc2)=CC1. The topological polar surface area (TPSA) is 3.24 Å². The van der Waals surface area contributed by atoms with Gasteiger partial charge in [-0.25, -0.2) is 0 Å². The van der Waals surface area contributed by atoms with E-state index in [1.807, 2.05) is 0 Å². The van der Waals surface area contributed by atoms with Crippen molar-refractivity contribution in [2.75, 3.05) is 13.1 Å². The normalized spacial score (nSPS) is 16.1. The number of benzene rings is 1. The Labute approximate surface area is 124 Å². The van der Waals surface area contributed by atoms with E-state index in [4.69, 9.17) is 0 Å². The fraction of sp³-hybridized carbons (Fsp3) is 0.474. The third kappa shape index (κ3) is 4.26. The van der Waals surface area contributed by atoms with E-state index in [0.717, 1.165) is 12.5 Å². The highest BCUT2D eigenvalue weighted by atomic mass is 15.1. The van der Waals surface area contributed by atoms with Crippen molar-refractivity contribution < 1.29 is 0 Å². The lowest BCUT2D eigenvalue weighted by molar-refractivity contribution is 0.305. The Morgan fingerprint density at radius 1 is 1.15 bits per heavy atom. The molecule has 0 N–H and O–H groups in total. The molecule has 0 fully saturated rings. The van der Waals surface area contributed by atoms with Gasteiger partial charge in [0.25, 0.3) is 0 Å². The van der Waals surface area contributed by atoms with E-state index in [9.17, 15) is 0 Å². The second kappa shape index (κ2) is 7.94. The Kier molecular flexibility index (Phi) is 5.91. The number of nitrogens with zero attached hydrogens (tertiary/aromatic N) is 1. The third-order valence-electron chi connectivity index (χ3n) is 4.15. The average molecular weight is 269 g/mol. The Morgan fingerprint density at radius 3 is 2.55 bits per heavy atom. The first kappa shape index (κ1) is 14.9. The van der Waals surface area contributed by atoms with Crippen LogP contribution in [0.1, 0.15) is 45.1 Å². The molecule has 0 bridgehead atoms. The van der Waals surface area contributed by atoms with E-state index in [0.29, 0.717) is 0 Å². The quantitative estimate of drug-likeness (QED) is 0.664. The lowest BCUT2D eigenvalue weighted by Crippen LogP contribution is -2.26. The van der Waals surface area contributed by atoms with Crippen molar-refractivity contribution in [3.05, 3.63) is 54.2 Å². The first-order chi connectivity index (χ1) is 9.83. The second-order valence-corrected chi connectivity index (χ2v) is 5.71. The van der Waals surface area contributed by atoms with Crippen LogP contribution in [-0.4, -0.2) is 18.0 Å². The molecule has 108 valence electrons. The summed E-state index contributed by atoms with van der Waals surface area (Å²) in [4.78, 5) is 2.45. The molecule has 1 unspecified atom stereocenters. The largest absolute Gasteiger partial charge is 0.373 e. The van der Waals surface area contributed by atoms with Crippen molar-refractivity contribution in [1.29, 1.82) is 0 Å². The number of hydrogen-bond acceptors (Lipinski definition) is 1. The van der Waals surface area contributed by atoms with Crippen molar-refractivity contribution in [2.24, 2.45) is 5.92 Å². The van der Waals surface area contributed by atoms with Gasteiger partial charge in [-0.1, -0.05) is 69.5 Å². The molecule has 1 aromatic carbocycles. The minimum Gasteiger partial charge on any atom is -0.373 e. The summed E-state index contributed by atoms with van der Waals surface area (Å²) in [5.74, 6) is 0.839. The van der Waals surface area contributed by atoms with Crippen LogP contribution >= 0.6 is 0 Å². The van der Waals surface area contributed by atoms with Gasteiger partial charge in [0.2, 0.25) is 0 Å². The lowest BCUT2D eigenvalue weighted by atomic mass is 9.98. The summed E-state index contributed by atoms with van der Waals surface area (Å²) in [6.45, 7) is 6.84. The summed E-state index contributed by atoms with van der Waals surface area (Å²) < 4.78 is 0. The van der Waals surface area contributed by atoms with Gasteiger partial charge in [-0.2, -0.15) is 0 Å². The van der Waals surface area contributed by atoms with E-state index >= 15 is 0 Å². The summed E-state index contributed by atoms with van der Waals surface area (Å²) in [7, 11) is 0. The van der Waals surface area contributed by atoms with Gasteiger partial charge in [0.05, 0.1) is 0 Å². The molecule has 1 heterocycles. The van der Waals surface area contributed by atoms with E-state index in [1.54, 1.807) is 0 Å². The zero-order chi connectivity index (χ0) is 14.2. The Hall–Kier alpha value is -1.50. The zero-order valence-corrected chi connectivity index (χ0v) is 12.9. The predicted molar refractivity (Wildman–Crippen MR) is 88.4 cm³/mol.